The number of para-hydroxylation sites is 1. The minimum Gasteiger partial charge on any atom is -0.343 e. The van der Waals surface area contributed by atoms with Gasteiger partial charge < -0.3 is 4.90 Å². The molecule has 5 nitrogen and oxygen atoms in total. The van der Waals surface area contributed by atoms with Gasteiger partial charge in [0.05, 0.1) is 16.1 Å². The molecule has 1 fully saturated rings. The van der Waals surface area contributed by atoms with E-state index < -0.39 is 11.0 Å². The van der Waals surface area contributed by atoms with Crippen LogP contribution in [-0.2, 0) is 17.5 Å². The minimum absolute atomic E-state index is 0.0922. The van der Waals surface area contributed by atoms with Crippen LogP contribution in [0.15, 0.2) is 114 Å². The molecule has 0 spiro atoms. The standard InChI is InChI=1S/C29H23N3O2/c1-28(22-16-18-25(19-17-22)32(33)34)29(23-11-4-2-5-12-23,24-13-6-3-7-14-24)27-30-26-15-9-8-10-21(26)20-31(27)28/h2-19H,20H2,1H3. The van der Waals surface area contributed by atoms with Crippen molar-refractivity contribution in [2.75, 3.05) is 0 Å². The van der Waals surface area contributed by atoms with Crippen LogP contribution >= 0.6 is 0 Å². The Labute approximate surface area is 198 Å². The molecule has 4 aromatic rings. The van der Waals surface area contributed by atoms with Crippen molar-refractivity contribution in [3.63, 3.8) is 0 Å². The zero-order chi connectivity index (χ0) is 23.3. The van der Waals surface area contributed by atoms with E-state index in [0.717, 1.165) is 34.8 Å². The molecular weight excluding hydrogens is 422 g/mol. The van der Waals surface area contributed by atoms with Crippen LogP contribution in [0.1, 0.15) is 29.2 Å². The number of rotatable bonds is 4. The minimum atomic E-state index is -0.556. The number of non-ortho nitro benzene ring substituents is 1. The van der Waals surface area contributed by atoms with E-state index in [1.54, 1.807) is 12.1 Å². The van der Waals surface area contributed by atoms with Crippen molar-refractivity contribution >= 4 is 17.2 Å². The Kier molecular flexibility index (Phi) is 4.42. The number of hydrogen-bond acceptors (Lipinski definition) is 4. The first-order valence-electron chi connectivity index (χ1n) is 11.4. The zero-order valence-electron chi connectivity index (χ0n) is 18.8. The number of hydrogen-bond donors (Lipinski definition) is 0. The lowest BCUT2D eigenvalue weighted by molar-refractivity contribution is -0.384. The summed E-state index contributed by atoms with van der Waals surface area (Å²) in [6, 6.07) is 36.2. The van der Waals surface area contributed by atoms with Crippen molar-refractivity contribution in [3.05, 3.63) is 142 Å². The van der Waals surface area contributed by atoms with Crippen LogP contribution in [0.3, 0.4) is 0 Å². The largest absolute Gasteiger partial charge is 0.343 e. The van der Waals surface area contributed by atoms with Gasteiger partial charge >= 0.3 is 0 Å². The Morgan fingerprint density at radius 1 is 0.765 bits per heavy atom. The maximum Gasteiger partial charge on any atom is 0.269 e. The summed E-state index contributed by atoms with van der Waals surface area (Å²) < 4.78 is 0. The number of nitrogens with zero attached hydrogens (tertiary/aromatic N) is 3. The molecule has 166 valence electrons. The third-order valence-corrected chi connectivity index (χ3v) is 7.46. The Morgan fingerprint density at radius 2 is 1.32 bits per heavy atom. The highest BCUT2D eigenvalue weighted by Crippen LogP contribution is 2.62. The Balaban J connectivity index is 1.68. The molecule has 0 bridgehead atoms. The summed E-state index contributed by atoms with van der Waals surface area (Å²) in [5.41, 5.74) is 4.51. The second-order valence-corrected chi connectivity index (χ2v) is 9.01. The fourth-order valence-corrected chi connectivity index (χ4v) is 5.84. The number of benzene rings is 4. The molecule has 4 aromatic carbocycles. The molecule has 0 radical (unpaired) electrons. The lowest BCUT2D eigenvalue weighted by Crippen LogP contribution is -2.77. The van der Waals surface area contributed by atoms with Gasteiger partial charge in [-0.2, -0.15) is 0 Å². The van der Waals surface area contributed by atoms with Crippen molar-refractivity contribution in [1.82, 2.24) is 4.90 Å². The fourth-order valence-electron chi connectivity index (χ4n) is 5.84. The Hall–Kier alpha value is -4.25. The molecule has 2 heterocycles. The van der Waals surface area contributed by atoms with Crippen molar-refractivity contribution in [3.8, 4) is 0 Å². The molecular formula is C29H23N3O2. The first-order chi connectivity index (χ1) is 16.6. The van der Waals surface area contributed by atoms with E-state index in [9.17, 15) is 10.1 Å². The first-order valence-corrected chi connectivity index (χ1v) is 11.4. The number of nitro benzene ring substituents is 1. The molecule has 0 aromatic heterocycles. The van der Waals surface area contributed by atoms with Gasteiger partial charge in [-0.1, -0.05) is 78.9 Å². The molecule has 0 amide bonds. The van der Waals surface area contributed by atoms with E-state index in [1.165, 1.54) is 5.56 Å². The summed E-state index contributed by atoms with van der Waals surface area (Å²) in [7, 11) is 0. The summed E-state index contributed by atoms with van der Waals surface area (Å²) in [4.78, 5) is 18.6. The van der Waals surface area contributed by atoms with Crippen LogP contribution in [0, 0.1) is 10.1 Å². The fraction of sp³-hybridized carbons (Fsp3) is 0.138. The average Bonchev–Trinajstić information content (AvgIpc) is 2.89. The monoisotopic (exact) mass is 445 g/mol. The van der Waals surface area contributed by atoms with Gasteiger partial charge in [-0.3, -0.25) is 10.1 Å². The van der Waals surface area contributed by atoms with E-state index >= 15 is 0 Å². The average molecular weight is 446 g/mol. The number of nitro groups is 1. The molecule has 34 heavy (non-hydrogen) atoms. The smallest absolute Gasteiger partial charge is 0.269 e. The van der Waals surface area contributed by atoms with E-state index in [4.69, 9.17) is 4.99 Å². The maximum atomic E-state index is 11.4. The normalized spacial score (nSPS) is 19.9. The van der Waals surface area contributed by atoms with Gasteiger partial charge in [0.15, 0.2) is 0 Å². The van der Waals surface area contributed by atoms with E-state index in [1.807, 2.05) is 36.4 Å². The third kappa shape index (κ3) is 2.58. The second-order valence-electron chi connectivity index (χ2n) is 9.01. The quantitative estimate of drug-likeness (QED) is 0.271. The van der Waals surface area contributed by atoms with E-state index in [-0.39, 0.29) is 10.6 Å². The van der Waals surface area contributed by atoms with Crippen LogP contribution in [0.25, 0.3) is 0 Å². The lowest BCUT2D eigenvalue weighted by Gasteiger charge is -2.68. The zero-order valence-corrected chi connectivity index (χ0v) is 18.8. The van der Waals surface area contributed by atoms with Crippen LogP contribution < -0.4 is 0 Å². The van der Waals surface area contributed by atoms with Crippen LogP contribution in [0.2, 0.25) is 0 Å². The van der Waals surface area contributed by atoms with E-state index in [0.29, 0.717) is 0 Å². The predicted octanol–water partition coefficient (Wildman–Crippen LogP) is 6.36. The molecule has 2 aliphatic rings. The van der Waals surface area contributed by atoms with Gasteiger partial charge in [-0.25, -0.2) is 4.99 Å². The van der Waals surface area contributed by atoms with Crippen molar-refractivity contribution in [2.24, 2.45) is 4.99 Å². The Morgan fingerprint density at radius 3 is 1.91 bits per heavy atom. The molecule has 5 heteroatoms. The molecule has 1 saturated heterocycles. The van der Waals surface area contributed by atoms with Crippen molar-refractivity contribution < 1.29 is 4.92 Å². The third-order valence-electron chi connectivity index (χ3n) is 7.46. The van der Waals surface area contributed by atoms with Gasteiger partial charge in [0.25, 0.3) is 5.69 Å². The molecule has 2 aliphatic heterocycles. The molecule has 6 rings (SSSR count). The summed E-state index contributed by atoms with van der Waals surface area (Å²) >= 11 is 0. The van der Waals surface area contributed by atoms with Crippen LogP contribution in [0.5, 0.6) is 0 Å². The summed E-state index contributed by atoms with van der Waals surface area (Å²) in [5, 5.41) is 11.4. The summed E-state index contributed by atoms with van der Waals surface area (Å²) in [5.74, 6) is 1.00. The molecule has 0 saturated carbocycles. The lowest BCUT2D eigenvalue weighted by atomic mass is 9.51. The van der Waals surface area contributed by atoms with Gasteiger partial charge in [-0.15, -0.1) is 0 Å². The van der Waals surface area contributed by atoms with Gasteiger partial charge in [0.2, 0.25) is 0 Å². The van der Waals surface area contributed by atoms with E-state index in [2.05, 4.69) is 72.5 Å². The van der Waals surface area contributed by atoms with Crippen LogP contribution in [-0.4, -0.2) is 15.7 Å². The number of aliphatic imine (C=N–C) groups is 1. The predicted molar refractivity (Wildman–Crippen MR) is 133 cm³/mol. The maximum absolute atomic E-state index is 11.4. The van der Waals surface area contributed by atoms with Gasteiger partial charge in [0, 0.05) is 18.7 Å². The van der Waals surface area contributed by atoms with Gasteiger partial charge in [-0.05, 0) is 47.4 Å². The number of fused-ring (bicyclic) bond motifs is 2. The van der Waals surface area contributed by atoms with Gasteiger partial charge in [0.1, 0.15) is 11.3 Å². The SMILES string of the molecule is CC1(c2ccc([N+](=O)[O-])cc2)N2Cc3ccccc3N=C2C1(c1ccccc1)c1ccccc1. The Bertz CT molecular complexity index is 1380. The highest BCUT2D eigenvalue weighted by molar-refractivity contribution is 6.07. The number of amidine groups is 1. The molecule has 0 N–H and O–H groups in total. The van der Waals surface area contributed by atoms with Crippen molar-refractivity contribution in [2.45, 2.75) is 24.4 Å². The summed E-state index contributed by atoms with van der Waals surface area (Å²) in [6.45, 7) is 2.96. The first kappa shape index (κ1) is 20.4. The summed E-state index contributed by atoms with van der Waals surface area (Å²) in [6.07, 6.45) is 0. The highest BCUT2D eigenvalue weighted by atomic mass is 16.6. The second kappa shape index (κ2) is 7.39. The van der Waals surface area contributed by atoms with Crippen molar-refractivity contribution in [1.29, 1.82) is 0 Å². The molecule has 1 unspecified atom stereocenters. The van der Waals surface area contributed by atoms with Crippen LogP contribution in [0.4, 0.5) is 11.4 Å². The molecule has 1 atom stereocenters. The highest BCUT2D eigenvalue weighted by Gasteiger charge is 2.69. The topological polar surface area (TPSA) is 58.7 Å². The molecule has 0 aliphatic carbocycles.